The van der Waals surface area contributed by atoms with Gasteiger partial charge in [0.1, 0.15) is 5.82 Å². The molecule has 0 fully saturated rings. The Labute approximate surface area is 110 Å². The van der Waals surface area contributed by atoms with E-state index < -0.39 is 24.9 Å². The van der Waals surface area contributed by atoms with Gasteiger partial charge in [0.25, 0.3) is 6.43 Å². The Morgan fingerprint density at radius 3 is 2.26 bits per heavy atom. The molecule has 0 bridgehead atoms. The lowest BCUT2D eigenvalue weighted by Crippen LogP contribution is -2.33. The highest BCUT2D eigenvalue weighted by atomic mass is 19.3. The first kappa shape index (κ1) is 15.9. The second-order valence-corrected chi connectivity index (χ2v) is 4.27. The van der Waals surface area contributed by atoms with Crippen molar-refractivity contribution in [1.82, 2.24) is 4.90 Å². The van der Waals surface area contributed by atoms with E-state index >= 15 is 0 Å². The van der Waals surface area contributed by atoms with E-state index in [9.17, 15) is 18.3 Å². The van der Waals surface area contributed by atoms with E-state index in [1.54, 1.807) is 0 Å². The number of alkyl halides is 2. The molecule has 1 rings (SSSR count). The van der Waals surface area contributed by atoms with E-state index in [1.165, 1.54) is 29.2 Å². The highest BCUT2D eigenvalue weighted by Gasteiger charge is 2.14. The molecular weight excluding hydrogens is 259 g/mol. The van der Waals surface area contributed by atoms with Crippen molar-refractivity contribution in [1.29, 1.82) is 0 Å². The lowest BCUT2D eigenvalue weighted by atomic mass is 10.1. The summed E-state index contributed by atoms with van der Waals surface area (Å²) < 4.78 is 37.3. The van der Waals surface area contributed by atoms with Crippen molar-refractivity contribution in [2.45, 2.75) is 19.0 Å². The largest absolute Gasteiger partial charge is 0.395 e. The first-order chi connectivity index (χ1) is 9.02. The van der Waals surface area contributed by atoms with Crippen molar-refractivity contribution in [3.8, 4) is 0 Å². The SMILES string of the molecule is OCCN(CCC(O)c1ccc(F)cc1)CC(F)F. The summed E-state index contributed by atoms with van der Waals surface area (Å²) in [6, 6.07) is 5.40. The minimum atomic E-state index is -2.48. The first-order valence-corrected chi connectivity index (χ1v) is 6.08. The Kier molecular flexibility index (Phi) is 6.83. The van der Waals surface area contributed by atoms with Crippen LogP contribution in [0.3, 0.4) is 0 Å². The summed E-state index contributed by atoms with van der Waals surface area (Å²) in [6.07, 6.45) is -3.06. The normalized spacial score (nSPS) is 13.2. The molecule has 0 saturated carbocycles. The Morgan fingerprint density at radius 1 is 1.11 bits per heavy atom. The van der Waals surface area contributed by atoms with Crippen molar-refractivity contribution in [2.24, 2.45) is 0 Å². The average molecular weight is 277 g/mol. The molecule has 0 heterocycles. The van der Waals surface area contributed by atoms with Gasteiger partial charge in [0.05, 0.1) is 19.3 Å². The van der Waals surface area contributed by atoms with Gasteiger partial charge in [-0.3, -0.25) is 4.90 Å². The summed E-state index contributed by atoms with van der Waals surface area (Å²) in [6.45, 7) is -0.264. The van der Waals surface area contributed by atoms with Crippen LogP contribution in [0.25, 0.3) is 0 Å². The van der Waals surface area contributed by atoms with Gasteiger partial charge in [-0.25, -0.2) is 13.2 Å². The molecule has 1 unspecified atom stereocenters. The van der Waals surface area contributed by atoms with E-state index in [0.29, 0.717) is 5.56 Å². The van der Waals surface area contributed by atoms with Gasteiger partial charge in [0, 0.05) is 13.1 Å². The van der Waals surface area contributed by atoms with Crippen molar-refractivity contribution in [3.63, 3.8) is 0 Å². The Bertz CT molecular complexity index is 359. The zero-order chi connectivity index (χ0) is 14.3. The number of nitrogens with zero attached hydrogens (tertiary/aromatic N) is 1. The van der Waals surface area contributed by atoms with Gasteiger partial charge in [0.2, 0.25) is 0 Å². The molecule has 0 radical (unpaired) electrons. The number of aliphatic hydroxyl groups excluding tert-OH is 2. The number of hydrogen-bond acceptors (Lipinski definition) is 3. The number of halogens is 3. The molecular formula is C13H18F3NO2. The summed E-state index contributed by atoms with van der Waals surface area (Å²) in [5, 5.41) is 18.6. The van der Waals surface area contributed by atoms with E-state index in [0.717, 1.165) is 0 Å². The summed E-state index contributed by atoms with van der Waals surface area (Å²) in [5.41, 5.74) is 0.544. The van der Waals surface area contributed by atoms with Gasteiger partial charge >= 0.3 is 0 Å². The molecule has 19 heavy (non-hydrogen) atoms. The van der Waals surface area contributed by atoms with Crippen LogP contribution in [-0.2, 0) is 0 Å². The number of aliphatic hydroxyl groups is 2. The van der Waals surface area contributed by atoms with Crippen LogP contribution >= 0.6 is 0 Å². The fourth-order valence-corrected chi connectivity index (χ4v) is 1.79. The van der Waals surface area contributed by atoms with E-state index in [4.69, 9.17) is 5.11 Å². The van der Waals surface area contributed by atoms with Gasteiger partial charge in [-0.05, 0) is 24.1 Å². The molecule has 0 saturated heterocycles. The fourth-order valence-electron chi connectivity index (χ4n) is 1.79. The molecule has 0 spiro atoms. The second-order valence-electron chi connectivity index (χ2n) is 4.27. The molecule has 6 heteroatoms. The van der Waals surface area contributed by atoms with Crippen LogP contribution in [0.15, 0.2) is 24.3 Å². The van der Waals surface area contributed by atoms with Gasteiger partial charge in [-0.2, -0.15) is 0 Å². The highest BCUT2D eigenvalue weighted by Crippen LogP contribution is 2.17. The molecule has 2 N–H and O–H groups in total. The van der Waals surface area contributed by atoms with Crippen LogP contribution in [0.4, 0.5) is 13.2 Å². The minimum absolute atomic E-state index is 0.139. The maximum Gasteiger partial charge on any atom is 0.251 e. The lowest BCUT2D eigenvalue weighted by molar-refractivity contribution is 0.0660. The topological polar surface area (TPSA) is 43.7 Å². The van der Waals surface area contributed by atoms with Crippen LogP contribution in [0, 0.1) is 5.82 Å². The summed E-state index contributed by atoms with van der Waals surface area (Å²) in [4.78, 5) is 1.39. The van der Waals surface area contributed by atoms with Gasteiger partial charge < -0.3 is 10.2 Å². The molecule has 108 valence electrons. The molecule has 3 nitrogen and oxygen atoms in total. The summed E-state index contributed by atoms with van der Waals surface area (Å²) >= 11 is 0. The third-order valence-electron chi connectivity index (χ3n) is 2.79. The molecule has 0 aliphatic rings. The molecule has 0 aliphatic carbocycles. The van der Waals surface area contributed by atoms with Crippen LogP contribution in [0.5, 0.6) is 0 Å². The van der Waals surface area contributed by atoms with Crippen LogP contribution < -0.4 is 0 Å². The second kappa shape index (κ2) is 8.14. The molecule has 0 aliphatic heterocycles. The monoisotopic (exact) mass is 277 g/mol. The minimum Gasteiger partial charge on any atom is -0.395 e. The molecule has 0 aromatic heterocycles. The van der Waals surface area contributed by atoms with E-state index in [1.807, 2.05) is 0 Å². The van der Waals surface area contributed by atoms with Crippen molar-refractivity contribution < 1.29 is 23.4 Å². The third-order valence-corrected chi connectivity index (χ3v) is 2.79. The standard InChI is InChI=1S/C13H18F3NO2/c14-11-3-1-10(2-4-11)12(19)5-6-17(7-8-18)9-13(15)16/h1-4,12-13,18-19H,5-9H2. The number of rotatable bonds is 8. The zero-order valence-electron chi connectivity index (χ0n) is 10.5. The van der Waals surface area contributed by atoms with E-state index in [-0.39, 0.29) is 26.1 Å². The quantitative estimate of drug-likeness (QED) is 0.761. The maximum absolute atomic E-state index is 12.7. The zero-order valence-corrected chi connectivity index (χ0v) is 10.5. The lowest BCUT2D eigenvalue weighted by Gasteiger charge is -2.22. The van der Waals surface area contributed by atoms with Crippen molar-refractivity contribution in [3.05, 3.63) is 35.6 Å². The van der Waals surface area contributed by atoms with Crippen LogP contribution in [0.1, 0.15) is 18.1 Å². The first-order valence-electron chi connectivity index (χ1n) is 6.08. The smallest absolute Gasteiger partial charge is 0.251 e. The number of hydrogen-bond donors (Lipinski definition) is 2. The Balaban J connectivity index is 2.46. The maximum atomic E-state index is 12.7. The van der Waals surface area contributed by atoms with E-state index in [2.05, 4.69) is 0 Å². The highest BCUT2D eigenvalue weighted by molar-refractivity contribution is 5.18. The molecule has 1 aromatic carbocycles. The fraction of sp³-hybridized carbons (Fsp3) is 0.538. The molecule has 0 amide bonds. The van der Waals surface area contributed by atoms with Gasteiger partial charge in [-0.15, -0.1) is 0 Å². The van der Waals surface area contributed by atoms with Crippen molar-refractivity contribution >= 4 is 0 Å². The predicted molar refractivity (Wildman–Crippen MR) is 65.5 cm³/mol. The molecule has 1 atom stereocenters. The van der Waals surface area contributed by atoms with Gasteiger partial charge in [-0.1, -0.05) is 12.1 Å². The number of benzene rings is 1. The average Bonchev–Trinajstić information content (AvgIpc) is 2.36. The van der Waals surface area contributed by atoms with Gasteiger partial charge in [0.15, 0.2) is 0 Å². The Morgan fingerprint density at radius 2 is 1.74 bits per heavy atom. The van der Waals surface area contributed by atoms with Crippen LogP contribution in [0.2, 0.25) is 0 Å². The summed E-state index contributed by atoms with van der Waals surface area (Å²) in [5.74, 6) is -0.393. The summed E-state index contributed by atoms with van der Waals surface area (Å²) in [7, 11) is 0. The van der Waals surface area contributed by atoms with Crippen LogP contribution in [-0.4, -0.2) is 47.8 Å². The third kappa shape index (κ3) is 6.04. The van der Waals surface area contributed by atoms with Crippen molar-refractivity contribution in [2.75, 3.05) is 26.2 Å². The predicted octanol–water partition coefficient (Wildman–Crippen LogP) is 1.81. The molecule has 1 aromatic rings. The Hall–Kier alpha value is -1.11.